The molecule has 0 aliphatic rings. The van der Waals surface area contributed by atoms with Gasteiger partial charge < -0.3 is 9.30 Å². The minimum absolute atomic E-state index is 0.267. The normalized spacial score (nSPS) is 10.5. The van der Waals surface area contributed by atoms with E-state index >= 15 is 0 Å². The van der Waals surface area contributed by atoms with Gasteiger partial charge in [-0.05, 0) is 18.7 Å². The van der Waals surface area contributed by atoms with Crippen LogP contribution in [0.3, 0.4) is 0 Å². The fraction of sp³-hybridized carbons (Fsp3) is 0.333. The molecule has 90 valence electrons. The van der Waals surface area contributed by atoms with Crippen molar-refractivity contribution in [1.82, 2.24) is 19.7 Å². The number of imidazole rings is 1. The number of aromatic nitrogens is 4. The van der Waals surface area contributed by atoms with Crippen LogP contribution in [0.15, 0.2) is 21.9 Å². The van der Waals surface area contributed by atoms with E-state index in [2.05, 4.69) is 15.2 Å². The Hall–Kier alpha value is -1.41. The highest BCUT2D eigenvalue weighted by molar-refractivity contribution is 8.00. The molecule has 2 rings (SSSR count). The van der Waals surface area contributed by atoms with Crippen LogP contribution in [0.25, 0.3) is 0 Å². The van der Waals surface area contributed by atoms with Crippen LogP contribution in [0, 0.1) is 0 Å². The summed E-state index contributed by atoms with van der Waals surface area (Å²) in [4.78, 5) is 15.5. The van der Waals surface area contributed by atoms with Crippen LogP contribution < -0.4 is 0 Å². The van der Waals surface area contributed by atoms with Crippen LogP contribution in [0.5, 0.6) is 0 Å². The Morgan fingerprint density at radius 1 is 1.59 bits per heavy atom. The molecule has 17 heavy (non-hydrogen) atoms. The Balaban J connectivity index is 2.09. The van der Waals surface area contributed by atoms with Crippen molar-refractivity contribution in [2.45, 2.75) is 16.4 Å². The fourth-order valence-corrected chi connectivity index (χ4v) is 2.71. The summed E-state index contributed by atoms with van der Waals surface area (Å²) in [5, 5.41) is 8.76. The Labute approximate surface area is 106 Å². The van der Waals surface area contributed by atoms with Crippen molar-refractivity contribution in [2.75, 3.05) is 6.61 Å². The minimum Gasteiger partial charge on any atom is -0.461 e. The maximum absolute atomic E-state index is 11.4. The lowest BCUT2D eigenvalue weighted by Crippen LogP contribution is -2.03. The van der Waals surface area contributed by atoms with Gasteiger partial charge in [-0.25, -0.2) is 9.78 Å². The molecule has 0 atom stereocenters. The lowest BCUT2D eigenvalue weighted by Gasteiger charge is -1.96. The second kappa shape index (κ2) is 5.28. The van der Waals surface area contributed by atoms with Crippen molar-refractivity contribution in [3.8, 4) is 0 Å². The van der Waals surface area contributed by atoms with E-state index in [1.165, 1.54) is 23.1 Å². The van der Waals surface area contributed by atoms with Crippen LogP contribution in [-0.4, -0.2) is 32.3 Å². The lowest BCUT2D eigenvalue weighted by molar-refractivity contribution is 0.0525. The first kappa shape index (κ1) is 12.1. The van der Waals surface area contributed by atoms with Crippen molar-refractivity contribution < 1.29 is 9.53 Å². The Morgan fingerprint density at radius 2 is 2.41 bits per heavy atom. The summed E-state index contributed by atoms with van der Waals surface area (Å²) in [5.41, 5.74) is 0. The van der Waals surface area contributed by atoms with Crippen molar-refractivity contribution in [3.63, 3.8) is 0 Å². The summed E-state index contributed by atoms with van der Waals surface area (Å²) in [5.74, 6) is -0.434. The first-order valence-corrected chi connectivity index (χ1v) is 6.49. The molecule has 6 nitrogen and oxygen atoms in total. The van der Waals surface area contributed by atoms with Gasteiger partial charge in [-0.15, -0.1) is 10.2 Å². The van der Waals surface area contributed by atoms with Gasteiger partial charge >= 0.3 is 5.97 Å². The van der Waals surface area contributed by atoms with Gasteiger partial charge in [0.05, 0.1) is 6.61 Å². The highest BCUT2D eigenvalue weighted by Gasteiger charge is 2.15. The fourth-order valence-electron chi connectivity index (χ4n) is 1.05. The molecule has 0 saturated heterocycles. The number of carbonyl (C=O) groups excluding carboxylic acids is 1. The molecular formula is C9H10N4O2S2. The van der Waals surface area contributed by atoms with E-state index in [4.69, 9.17) is 4.74 Å². The zero-order valence-electron chi connectivity index (χ0n) is 9.28. The van der Waals surface area contributed by atoms with Crippen LogP contribution in [0.2, 0.25) is 0 Å². The van der Waals surface area contributed by atoms with Crippen molar-refractivity contribution >= 4 is 29.1 Å². The van der Waals surface area contributed by atoms with Crippen LogP contribution in [0.4, 0.5) is 0 Å². The Bertz CT molecular complexity index is 523. The molecule has 2 heterocycles. The highest BCUT2D eigenvalue weighted by atomic mass is 32.2. The molecule has 8 heteroatoms. The summed E-state index contributed by atoms with van der Waals surface area (Å²) >= 11 is 2.57. The average molecular weight is 270 g/mol. The van der Waals surface area contributed by atoms with E-state index in [-0.39, 0.29) is 5.01 Å². The molecule has 0 amide bonds. The summed E-state index contributed by atoms with van der Waals surface area (Å²) in [6, 6.07) is 0. The van der Waals surface area contributed by atoms with E-state index in [0.717, 1.165) is 5.16 Å². The van der Waals surface area contributed by atoms with E-state index in [9.17, 15) is 4.79 Å². The number of ether oxygens (including phenoxy) is 1. The lowest BCUT2D eigenvalue weighted by atomic mass is 10.7. The van der Waals surface area contributed by atoms with Gasteiger partial charge in [-0.2, -0.15) is 0 Å². The number of nitrogens with zero attached hydrogens (tertiary/aromatic N) is 4. The molecule has 2 aromatic rings. The number of rotatable bonds is 4. The molecule has 0 saturated carbocycles. The smallest absolute Gasteiger partial charge is 0.369 e. The third kappa shape index (κ3) is 2.83. The quantitative estimate of drug-likeness (QED) is 0.786. The molecule has 2 aromatic heterocycles. The predicted molar refractivity (Wildman–Crippen MR) is 63.2 cm³/mol. The SMILES string of the molecule is CCOC(=O)c1nnc(Sc2nccn2C)s1. The van der Waals surface area contributed by atoms with E-state index in [1.807, 2.05) is 17.8 Å². The first-order valence-electron chi connectivity index (χ1n) is 4.86. The second-order valence-electron chi connectivity index (χ2n) is 3.02. The standard InChI is InChI=1S/C9H10N4O2S2/c1-3-15-7(14)6-11-12-9(16-6)17-8-10-4-5-13(8)2/h4-5H,3H2,1-2H3. The number of esters is 1. The molecular weight excluding hydrogens is 260 g/mol. The van der Waals surface area contributed by atoms with Crippen molar-refractivity contribution in [2.24, 2.45) is 7.05 Å². The highest BCUT2D eigenvalue weighted by Crippen LogP contribution is 2.28. The van der Waals surface area contributed by atoms with E-state index in [1.54, 1.807) is 13.1 Å². The number of hydrogen-bond donors (Lipinski definition) is 0. The molecule has 0 aromatic carbocycles. The van der Waals surface area contributed by atoms with Gasteiger partial charge in [0.25, 0.3) is 0 Å². The van der Waals surface area contributed by atoms with Crippen LogP contribution in [0.1, 0.15) is 16.7 Å². The van der Waals surface area contributed by atoms with Crippen molar-refractivity contribution in [3.05, 3.63) is 17.4 Å². The molecule has 0 radical (unpaired) electrons. The summed E-state index contributed by atoms with van der Waals surface area (Å²) in [6.07, 6.45) is 3.55. The number of carbonyl (C=O) groups is 1. The zero-order valence-corrected chi connectivity index (χ0v) is 10.9. The van der Waals surface area contributed by atoms with Crippen molar-refractivity contribution in [1.29, 1.82) is 0 Å². The zero-order chi connectivity index (χ0) is 12.3. The van der Waals surface area contributed by atoms with E-state index < -0.39 is 5.97 Å². The largest absolute Gasteiger partial charge is 0.461 e. The molecule has 0 spiro atoms. The molecule has 0 aliphatic heterocycles. The minimum atomic E-state index is -0.434. The van der Waals surface area contributed by atoms with Crippen LogP contribution in [-0.2, 0) is 11.8 Å². The maximum atomic E-state index is 11.4. The van der Waals surface area contributed by atoms with Crippen LogP contribution >= 0.6 is 23.1 Å². The topological polar surface area (TPSA) is 69.9 Å². The number of aryl methyl sites for hydroxylation is 1. The summed E-state index contributed by atoms with van der Waals surface area (Å²) in [6.45, 7) is 2.09. The molecule has 0 N–H and O–H groups in total. The summed E-state index contributed by atoms with van der Waals surface area (Å²) in [7, 11) is 1.89. The molecule has 0 aliphatic carbocycles. The van der Waals surface area contributed by atoms with Gasteiger partial charge in [-0.3, -0.25) is 0 Å². The second-order valence-corrected chi connectivity index (χ2v) is 5.21. The van der Waals surface area contributed by atoms with E-state index in [0.29, 0.717) is 10.9 Å². The predicted octanol–water partition coefficient (Wildman–Crippen LogP) is 1.60. The monoisotopic (exact) mass is 270 g/mol. The average Bonchev–Trinajstić information content (AvgIpc) is 2.90. The van der Waals surface area contributed by atoms with Gasteiger partial charge in [0.15, 0.2) is 9.50 Å². The van der Waals surface area contributed by atoms with Gasteiger partial charge in [-0.1, -0.05) is 11.3 Å². The third-order valence-corrected chi connectivity index (χ3v) is 3.84. The Kier molecular flexibility index (Phi) is 3.75. The summed E-state index contributed by atoms with van der Waals surface area (Å²) < 4.78 is 7.38. The Morgan fingerprint density at radius 3 is 3.06 bits per heavy atom. The molecule has 0 bridgehead atoms. The first-order chi connectivity index (χ1) is 8.20. The van der Waals surface area contributed by atoms with Gasteiger partial charge in [0.2, 0.25) is 5.01 Å². The van der Waals surface area contributed by atoms with Gasteiger partial charge in [0.1, 0.15) is 0 Å². The third-order valence-electron chi connectivity index (χ3n) is 1.81. The maximum Gasteiger partial charge on any atom is 0.369 e. The molecule has 0 unspecified atom stereocenters. The van der Waals surface area contributed by atoms with Gasteiger partial charge in [0, 0.05) is 19.4 Å². The number of hydrogen-bond acceptors (Lipinski definition) is 7. The molecule has 0 fully saturated rings.